The molecule has 0 aliphatic rings. The molecule has 0 saturated heterocycles. The van der Waals surface area contributed by atoms with Crippen LogP contribution in [0.2, 0.25) is 0 Å². The predicted molar refractivity (Wildman–Crippen MR) is 62.4 cm³/mol. The van der Waals surface area contributed by atoms with E-state index >= 15 is 0 Å². The third-order valence-corrected chi connectivity index (χ3v) is 2.43. The van der Waals surface area contributed by atoms with Gasteiger partial charge in [0.25, 0.3) is 0 Å². The lowest BCUT2D eigenvalue weighted by molar-refractivity contribution is -0.141. The van der Waals surface area contributed by atoms with Gasteiger partial charge in [-0.05, 0) is 24.1 Å². The van der Waals surface area contributed by atoms with Crippen LogP contribution in [-0.4, -0.2) is 26.5 Å². The maximum Gasteiger partial charge on any atom is 0.435 e. The molecule has 8 heteroatoms. The Morgan fingerprint density at radius 1 is 1.26 bits per heavy atom. The van der Waals surface area contributed by atoms with E-state index in [0.29, 0.717) is 18.8 Å². The Morgan fingerprint density at radius 2 is 2.05 bits per heavy atom. The molecular weight excluding hydrogens is 259 g/mol. The van der Waals surface area contributed by atoms with E-state index in [-0.39, 0.29) is 0 Å². The van der Waals surface area contributed by atoms with Crippen LogP contribution in [0.15, 0.2) is 24.5 Å². The number of halogens is 3. The molecule has 0 bridgehead atoms. The highest BCUT2D eigenvalue weighted by Gasteiger charge is 2.32. The van der Waals surface area contributed by atoms with Gasteiger partial charge in [-0.25, -0.2) is 0 Å². The first kappa shape index (κ1) is 13.3. The molecule has 102 valence electrons. The first-order chi connectivity index (χ1) is 8.95. The van der Waals surface area contributed by atoms with Gasteiger partial charge in [0, 0.05) is 19.8 Å². The predicted octanol–water partition coefficient (Wildman–Crippen LogP) is 1.88. The second kappa shape index (κ2) is 5.25. The number of nitrogens with zero attached hydrogens (tertiary/aromatic N) is 4. The van der Waals surface area contributed by atoms with E-state index in [9.17, 15) is 13.2 Å². The van der Waals surface area contributed by atoms with E-state index in [1.807, 2.05) is 13.2 Å². The zero-order valence-corrected chi connectivity index (χ0v) is 10.1. The summed E-state index contributed by atoms with van der Waals surface area (Å²) in [5.74, 6) is 0.317. The van der Waals surface area contributed by atoms with E-state index < -0.39 is 11.9 Å². The van der Waals surface area contributed by atoms with E-state index in [1.54, 1.807) is 10.9 Å². The highest BCUT2D eigenvalue weighted by molar-refractivity contribution is 5.33. The second-order valence-electron chi connectivity index (χ2n) is 4.00. The Hall–Kier alpha value is -2.12. The normalized spacial score (nSPS) is 11.6. The molecule has 0 radical (unpaired) electrons. The molecule has 1 N–H and O–H groups in total. The molecule has 0 unspecified atom stereocenters. The summed E-state index contributed by atoms with van der Waals surface area (Å²) >= 11 is 0. The lowest BCUT2D eigenvalue weighted by Crippen LogP contribution is -2.11. The van der Waals surface area contributed by atoms with E-state index in [0.717, 1.165) is 11.6 Å². The molecule has 2 rings (SSSR count). The number of hydrogen-bond donors (Lipinski definition) is 1. The summed E-state index contributed by atoms with van der Waals surface area (Å²) < 4.78 is 38.5. The van der Waals surface area contributed by atoms with Crippen molar-refractivity contribution in [2.24, 2.45) is 7.05 Å². The molecule has 0 fully saturated rings. The Morgan fingerprint density at radius 3 is 2.58 bits per heavy atom. The Labute approximate surface area is 107 Å². The van der Waals surface area contributed by atoms with Gasteiger partial charge in [0.05, 0.1) is 6.20 Å². The average Bonchev–Trinajstić information content (AvgIpc) is 2.75. The Balaban J connectivity index is 1.86. The number of nitrogens with one attached hydrogen (secondary N) is 1. The third kappa shape index (κ3) is 3.67. The number of anilines is 1. The number of rotatable bonds is 4. The average molecular weight is 271 g/mol. The van der Waals surface area contributed by atoms with Gasteiger partial charge in [-0.3, -0.25) is 4.68 Å². The van der Waals surface area contributed by atoms with Crippen molar-refractivity contribution < 1.29 is 13.2 Å². The summed E-state index contributed by atoms with van der Waals surface area (Å²) in [5, 5.41) is 13.5. The summed E-state index contributed by atoms with van der Waals surface area (Å²) in [4.78, 5) is 0. The van der Waals surface area contributed by atoms with Gasteiger partial charge >= 0.3 is 6.18 Å². The lowest BCUT2D eigenvalue weighted by Gasteiger charge is -2.06. The number of aromatic nitrogens is 4. The number of alkyl halides is 3. The van der Waals surface area contributed by atoms with E-state index in [1.165, 1.54) is 6.07 Å². The summed E-state index contributed by atoms with van der Waals surface area (Å²) in [6, 6.07) is 2.17. The van der Waals surface area contributed by atoms with Crippen molar-refractivity contribution in [3.8, 4) is 0 Å². The van der Waals surface area contributed by atoms with Crippen molar-refractivity contribution in [2.45, 2.75) is 12.6 Å². The van der Waals surface area contributed by atoms with Crippen LogP contribution >= 0.6 is 0 Å². The van der Waals surface area contributed by atoms with Crippen LogP contribution in [-0.2, 0) is 19.6 Å². The zero-order valence-electron chi connectivity index (χ0n) is 10.1. The van der Waals surface area contributed by atoms with E-state index in [4.69, 9.17) is 0 Å². The molecular formula is C11H12F3N5. The van der Waals surface area contributed by atoms with E-state index in [2.05, 4.69) is 20.6 Å². The Kier molecular flexibility index (Phi) is 3.68. The highest BCUT2D eigenvalue weighted by atomic mass is 19.4. The van der Waals surface area contributed by atoms with Crippen LogP contribution in [0.4, 0.5) is 19.0 Å². The maximum absolute atomic E-state index is 12.3. The fraction of sp³-hybridized carbons (Fsp3) is 0.364. The molecule has 0 amide bonds. The van der Waals surface area contributed by atoms with Crippen molar-refractivity contribution in [3.63, 3.8) is 0 Å². The maximum atomic E-state index is 12.3. The summed E-state index contributed by atoms with van der Waals surface area (Å²) in [6.45, 7) is 0.547. The largest absolute Gasteiger partial charge is 0.435 e. The molecule has 0 aliphatic heterocycles. The molecule has 0 spiro atoms. The van der Waals surface area contributed by atoms with Crippen LogP contribution in [0.25, 0.3) is 0 Å². The molecule has 2 aromatic heterocycles. The highest BCUT2D eigenvalue weighted by Crippen LogP contribution is 2.26. The molecule has 0 aromatic carbocycles. The van der Waals surface area contributed by atoms with Gasteiger partial charge in [0.15, 0.2) is 5.69 Å². The SMILES string of the molecule is Cn1cc(CCNc2ccc(C(F)(F)F)nn2)cn1. The van der Waals surface area contributed by atoms with Crippen molar-refractivity contribution in [2.75, 3.05) is 11.9 Å². The van der Waals surface area contributed by atoms with Crippen LogP contribution in [0, 0.1) is 0 Å². The standard InChI is InChI=1S/C11H12F3N5/c1-19-7-8(6-16-19)4-5-15-10-3-2-9(17-18-10)11(12,13)14/h2-3,6-7H,4-5H2,1H3,(H,15,18). The van der Waals surface area contributed by atoms with Gasteiger partial charge in [0.1, 0.15) is 5.82 Å². The smallest absolute Gasteiger partial charge is 0.368 e. The summed E-state index contributed by atoms with van der Waals surface area (Å²) in [7, 11) is 1.82. The molecule has 2 heterocycles. The van der Waals surface area contributed by atoms with Gasteiger partial charge in [-0.15, -0.1) is 10.2 Å². The lowest BCUT2D eigenvalue weighted by atomic mass is 10.2. The number of hydrogen-bond acceptors (Lipinski definition) is 4. The van der Waals surface area contributed by atoms with Crippen LogP contribution in [0.5, 0.6) is 0 Å². The topological polar surface area (TPSA) is 55.6 Å². The number of aryl methyl sites for hydroxylation is 1. The molecule has 0 atom stereocenters. The molecule has 0 saturated carbocycles. The third-order valence-electron chi connectivity index (χ3n) is 2.43. The van der Waals surface area contributed by atoms with Crippen molar-refractivity contribution in [3.05, 3.63) is 35.8 Å². The quantitative estimate of drug-likeness (QED) is 0.922. The first-order valence-electron chi connectivity index (χ1n) is 5.57. The van der Waals surface area contributed by atoms with Crippen LogP contribution < -0.4 is 5.32 Å². The summed E-state index contributed by atoms with van der Waals surface area (Å²) in [5.41, 5.74) is 0.0418. The van der Waals surface area contributed by atoms with Gasteiger partial charge < -0.3 is 5.32 Å². The minimum Gasteiger partial charge on any atom is -0.368 e. The molecule has 5 nitrogen and oxygen atoms in total. The minimum atomic E-state index is -4.46. The fourth-order valence-corrected chi connectivity index (χ4v) is 1.51. The van der Waals surface area contributed by atoms with Crippen LogP contribution in [0.1, 0.15) is 11.3 Å². The minimum absolute atomic E-state index is 0.317. The van der Waals surface area contributed by atoms with Crippen molar-refractivity contribution in [1.29, 1.82) is 0 Å². The molecule has 0 aliphatic carbocycles. The zero-order chi connectivity index (χ0) is 13.9. The fourth-order valence-electron chi connectivity index (χ4n) is 1.51. The van der Waals surface area contributed by atoms with Crippen molar-refractivity contribution >= 4 is 5.82 Å². The molecule has 2 aromatic rings. The van der Waals surface area contributed by atoms with Crippen molar-refractivity contribution in [1.82, 2.24) is 20.0 Å². The second-order valence-corrected chi connectivity index (χ2v) is 4.00. The molecule has 19 heavy (non-hydrogen) atoms. The van der Waals surface area contributed by atoms with Gasteiger partial charge in [0.2, 0.25) is 0 Å². The monoisotopic (exact) mass is 271 g/mol. The van der Waals surface area contributed by atoms with Gasteiger partial charge in [-0.1, -0.05) is 0 Å². The Bertz CT molecular complexity index is 532. The van der Waals surface area contributed by atoms with Crippen LogP contribution in [0.3, 0.4) is 0 Å². The van der Waals surface area contributed by atoms with Gasteiger partial charge in [-0.2, -0.15) is 18.3 Å². The summed E-state index contributed by atoms with van der Waals surface area (Å²) in [6.07, 6.45) is -0.141. The first-order valence-corrected chi connectivity index (χ1v) is 5.57.